The van der Waals surface area contributed by atoms with Gasteiger partial charge in [0.1, 0.15) is 14.3 Å². The van der Waals surface area contributed by atoms with E-state index in [1.807, 2.05) is 34.6 Å². The highest BCUT2D eigenvalue weighted by molar-refractivity contribution is 8.11. The monoisotopic (exact) mass is 335 g/mol. The van der Waals surface area contributed by atoms with Crippen molar-refractivity contribution in [3.63, 3.8) is 0 Å². The second-order valence-electron chi connectivity index (χ2n) is 5.81. The predicted molar refractivity (Wildman–Crippen MR) is 89.5 cm³/mol. The van der Waals surface area contributed by atoms with Gasteiger partial charge in [-0.3, -0.25) is 5.09 Å². The second-order valence-corrected chi connectivity index (χ2v) is 10.0. The SMILES string of the molecule is [B][C@@H]1O[C@H](COC(C)C)C(NP(O)(=S)C(C)C)C1OCC. The first-order valence-electron chi connectivity index (χ1n) is 7.43. The van der Waals surface area contributed by atoms with Crippen LogP contribution in [0.3, 0.4) is 0 Å². The zero-order valence-electron chi connectivity index (χ0n) is 13.5. The van der Waals surface area contributed by atoms with Crippen LogP contribution in [0.5, 0.6) is 0 Å². The van der Waals surface area contributed by atoms with Crippen molar-refractivity contribution in [2.45, 2.75) is 70.6 Å². The van der Waals surface area contributed by atoms with E-state index in [1.165, 1.54) is 0 Å². The number of rotatable bonds is 8. The Morgan fingerprint density at radius 2 is 2.00 bits per heavy atom. The van der Waals surface area contributed by atoms with Crippen molar-refractivity contribution in [3.05, 3.63) is 0 Å². The molecule has 5 atom stereocenters. The number of ether oxygens (including phenoxy) is 3. The van der Waals surface area contributed by atoms with E-state index in [1.54, 1.807) is 0 Å². The Kier molecular flexibility index (Phi) is 7.82. The van der Waals surface area contributed by atoms with Crippen LogP contribution in [0, 0.1) is 0 Å². The summed E-state index contributed by atoms with van der Waals surface area (Å²) in [6.45, 7) is 10.5. The molecule has 0 aromatic heterocycles. The second kappa shape index (κ2) is 8.39. The minimum Gasteiger partial charge on any atom is -0.378 e. The van der Waals surface area contributed by atoms with E-state index in [9.17, 15) is 4.89 Å². The molecule has 0 aromatic carbocycles. The summed E-state index contributed by atoms with van der Waals surface area (Å²) in [6, 6.07) is -0.817. The summed E-state index contributed by atoms with van der Waals surface area (Å²) in [7, 11) is 6.00. The summed E-state index contributed by atoms with van der Waals surface area (Å²) < 4.78 is 17.0. The minimum absolute atomic E-state index is 0.0294. The van der Waals surface area contributed by atoms with E-state index >= 15 is 0 Å². The normalized spacial score (nSPS) is 32.8. The van der Waals surface area contributed by atoms with Gasteiger partial charge in [-0.15, -0.1) is 0 Å². The van der Waals surface area contributed by atoms with Crippen molar-refractivity contribution in [2.24, 2.45) is 0 Å². The average molecular weight is 335 g/mol. The summed E-state index contributed by atoms with van der Waals surface area (Å²) in [5.74, 6) is 0. The van der Waals surface area contributed by atoms with Gasteiger partial charge in [0, 0.05) is 18.3 Å². The van der Waals surface area contributed by atoms with Crippen molar-refractivity contribution in [3.8, 4) is 0 Å². The van der Waals surface area contributed by atoms with E-state index in [0.717, 1.165) is 0 Å². The molecule has 0 aliphatic carbocycles. The molecule has 2 N–H and O–H groups in total. The highest BCUT2D eigenvalue weighted by atomic mass is 32.4. The Morgan fingerprint density at radius 1 is 1.38 bits per heavy atom. The molecule has 0 saturated carbocycles. The maximum Gasteiger partial charge on any atom is 0.129 e. The van der Waals surface area contributed by atoms with Gasteiger partial charge in [-0.05, 0) is 20.8 Å². The van der Waals surface area contributed by atoms with Crippen molar-refractivity contribution in [2.75, 3.05) is 13.2 Å². The molecule has 21 heavy (non-hydrogen) atoms. The molecule has 3 unspecified atom stereocenters. The third-order valence-electron chi connectivity index (χ3n) is 3.40. The Balaban J connectivity index is 2.84. The molecule has 0 amide bonds. The fourth-order valence-electron chi connectivity index (χ4n) is 2.12. The van der Waals surface area contributed by atoms with Crippen LogP contribution in [0.15, 0.2) is 0 Å². The summed E-state index contributed by atoms with van der Waals surface area (Å²) in [6.07, 6.45) is -3.21. The molecule has 0 bridgehead atoms. The third kappa shape index (κ3) is 5.58. The molecule has 5 nitrogen and oxygen atoms in total. The fraction of sp³-hybridized carbons (Fsp3) is 1.00. The van der Waals surface area contributed by atoms with Crippen LogP contribution in [0.1, 0.15) is 34.6 Å². The Morgan fingerprint density at radius 3 is 2.48 bits per heavy atom. The molecule has 1 rings (SSSR count). The van der Waals surface area contributed by atoms with Gasteiger partial charge >= 0.3 is 0 Å². The van der Waals surface area contributed by atoms with Crippen molar-refractivity contribution >= 4 is 26.1 Å². The number of nitrogens with one attached hydrogen (secondary N) is 1. The van der Waals surface area contributed by atoms with Crippen LogP contribution in [-0.4, -0.2) is 62.0 Å². The van der Waals surface area contributed by atoms with E-state index in [4.69, 9.17) is 33.9 Å². The van der Waals surface area contributed by atoms with Gasteiger partial charge in [0.15, 0.2) is 0 Å². The zero-order valence-corrected chi connectivity index (χ0v) is 15.2. The molecule has 1 aliphatic rings. The predicted octanol–water partition coefficient (Wildman–Crippen LogP) is 1.38. The van der Waals surface area contributed by atoms with E-state index in [2.05, 4.69) is 5.09 Å². The molecule has 0 spiro atoms. The van der Waals surface area contributed by atoms with Gasteiger partial charge in [-0.25, -0.2) is 0 Å². The van der Waals surface area contributed by atoms with Crippen molar-refractivity contribution < 1.29 is 19.1 Å². The first-order chi connectivity index (χ1) is 9.69. The number of hydrogen-bond donors (Lipinski definition) is 2. The highest BCUT2D eigenvalue weighted by Gasteiger charge is 2.44. The number of hydrogen-bond acceptors (Lipinski definition) is 4. The van der Waals surface area contributed by atoms with E-state index in [0.29, 0.717) is 13.2 Å². The average Bonchev–Trinajstić information content (AvgIpc) is 2.64. The molecule has 1 saturated heterocycles. The molecular formula is C13H27BNO4PS. The molecule has 0 aromatic rings. The lowest BCUT2D eigenvalue weighted by Gasteiger charge is -2.31. The molecular weight excluding hydrogens is 308 g/mol. The summed E-state index contributed by atoms with van der Waals surface area (Å²) in [4.78, 5) is 10.4. The van der Waals surface area contributed by atoms with Crippen LogP contribution < -0.4 is 5.09 Å². The Labute approximate surface area is 134 Å². The lowest BCUT2D eigenvalue weighted by Crippen LogP contribution is -2.47. The van der Waals surface area contributed by atoms with Gasteiger partial charge in [0.2, 0.25) is 0 Å². The van der Waals surface area contributed by atoms with E-state index < -0.39 is 12.4 Å². The zero-order chi connectivity index (χ0) is 16.2. The summed E-state index contributed by atoms with van der Waals surface area (Å²) in [5, 5.41) is 3.17. The van der Waals surface area contributed by atoms with Crippen LogP contribution in [-0.2, 0) is 26.0 Å². The lowest BCUT2D eigenvalue weighted by molar-refractivity contribution is -0.0242. The molecule has 1 aliphatic heterocycles. The molecule has 122 valence electrons. The first-order valence-corrected chi connectivity index (χ1v) is 10.3. The van der Waals surface area contributed by atoms with Gasteiger partial charge in [0.25, 0.3) is 0 Å². The summed E-state index contributed by atoms with van der Waals surface area (Å²) >= 11 is 5.33. The highest BCUT2D eigenvalue weighted by Crippen LogP contribution is 2.44. The first kappa shape index (κ1) is 19.6. The maximum absolute atomic E-state index is 10.4. The van der Waals surface area contributed by atoms with Crippen molar-refractivity contribution in [1.29, 1.82) is 0 Å². The molecule has 2 radical (unpaired) electrons. The standard InChI is InChI=1S/C13H27BNO4PS/c1-6-17-12-11(15-20(16,21)9(4)5)10(19-13(12)14)7-18-8(2)3/h8-13H,6-7H2,1-5H3,(H2,15,16,21)/t10-,11?,12?,13-,20?/m1/s1. The minimum atomic E-state index is -2.67. The molecule has 1 fully saturated rings. The van der Waals surface area contributed by atoms with Gasteiger partial charge in [-0.1, -0.05) is 25.7 Å². The maximum atomic E-state index is 10.4. The third-order valence-corrected chi connectivity index (χ3v) is 7.05. The van der Waals surface area contributed by atoms with Crippen LogP contribution in [0.25, 0.3) is 0 Å². The van der Waals surface area contributed by atoms with Crippen LogP contribution >= 0.6 is 6.42 Å². The molecule has 8 heteroatoms. The van der Waals surface area contributed by atoms with E-state index in [-0.39, 0.29) is 30.0 Å². The topological polar surface area (TPSA) is 60.0 Å². The Bertz CT molecular complexity index is 372. The van der Waals surface area contributed by atoms with Crippen molar-refractivity contribution in [1.82, 2.24) is 5.09 Å². The van der Waals surface area contributed by atoms with Gasteiger partial charge in [0.05, 0.1) is 31.0 Å². The smallest absolute Gasteiger partial charge is 0.129 e. The van der Waals surface area contributed by atoms with Crippen LogP contribution in [0.4, 0.5) is 0 Å². The lowest BCUT2D eigenvalue weighted by atomic mass is 9.92. The Hall–Kier alpha value is 0.515. The quantitative estimate of drug-likeness (QED) is 0.516. The van der Waals surface area contributed by atoms with Gasteiger partial charge in [-0.2, -0.15) is 0 Å². The van der Waals surface area contributed by atoms with Gasteiger partial charge < -0.3 is 19.1 Å². The molecule has 1 heterocycles. The van der Waals surface area contributed by atoms with Crippen LogP contribution in [0.2, 0.25) is 0 Å². The fourth-order valence-corrected chi connectivity index (χ4v) is 3.52. The summed E-state index contributed by atoms with van der Waals surface area (Å²) in [5.41, 5.74) is -0.0294. The largest absolute Gasteiger partial charge is 0.378 e.